The van der Waals surface area contributed by atoms with Crippen LogP contribution < -0.4 is 5.32 Å². The molecule has 0 unspecified atom stereocenters. The van der Waals surface area contributed by atoms with Crippen molar-refractivity contribution >= 4 is 17.4 Å². The van der Waals surface area contributed by atoms with E-state index in [0.29, 0.717) is 5.65 Å². The predicted octanol–water partition coefficient (Wildman–Crippen LogP) is 0.401. The van der Waals surface area contributed by atoms with Crippen molar-refractivity contribution in [3.05, 3.63) is 24.0 Å². The van der Waals surface area contributed by atoms with Crippen LogP contribution in [0.4, 0.5) is 5.82 Å². The molecule has 2 aromatic rings. The molecule has 0 amide bonds. The van der Waals surface area contributed by atoms with Gasteiger partial charge in [0.1, 0.15) is 5.82 Å². The van der Waals surface area contributed by atoms with E-state index in [-0.39, 0.29) is 5.69 Å². The summed E-state index contributed by atoms with van der Waals surface area (Å²) in [5, 5.41) is 16.1. The van der Waals surface area contributed by atoms with Crippen LogP contribution in [0.5, 0.6) is 0 Å². The van der Waals surface area contributed by atoms with Crippen molar-refractivity contribution in [2.45, 2.75) is 0 Å². The van der Waals surface area contributed by atoms with Crippen molar-refractivity contribution < 1.29 is 9.90 Å². The van der Waals surface area contributed by atoms with Crippen LogP contribution in [0, 0.1) is 0 Å². The molecule has 0 spiro atoms. The number of nitrogens with one attached hydrogen (secondary N) is 1. The zero-order valence-corrected chi connectivity index (χ0v) is 10.3. The topological polar surface area (TPSA) is 82.8 Å². The molecular weight excluding hydrogens is 234 g/mol. The lowest BCUT2D eigenvalue weighted by atomic mass is 10.4. The Balaban J connectivity index is 2.24. The van der Waals surface area contributed by atoms with Gasteiger partial charge in [-0.2, -0.15) is 9.61 Å². The van der Waals surface area contributed by atoms with Gasteiger partial charge in [-0.1, -0.05) is 0 Å². The van der Waals surface area contributed by atoms with Gasteiger partial charge in [-0.25, -0.2) is 9.78 Å². The molecular formula is C11H15N5O2. The minimum atomic E-state index is -1.06. The average Bonchev–Trinajstić information content (AvgIpc) is 2.73. The number of hydrogen-bond acceptors (Lipinski definition) is 5. The molecule has 0 aromatic carbocycles. The van der Waals surface area contributed by atoms with Crippen LogP contribution in [0.15, 0.2) is 18.3 Å². The molecule has 0 atom stereocenters. The Kier molecular flexibility index (Phi) is 3.42. The standard InChI is InChI=1S/C11H15N5O2/c1-15(2)6-5-13-9-3-4-12-10-7-8(11(17)18)14-16(9)10/h3-4,7,13H,5-6H2,1-2H3,(H,17,18). The Hall–Kier alpha value is -2.15. The average molecular weight is 249 g/mol. The van der Waals surface area contributed by atoms with Crippen molar-refractivity contribution in [2.75, 3.05) is 32.5 Å². The van der Waals surface area contributed by atoms with E-state index in [1.54, 1.807) is 12.3 Å². The Morgan fingerprint density at radius 3 is 3.00 bits per heavy atom. The Morgan fingerprint density at radius 2 is 2.33 bits per heavy atom. The van der Waals surface area contributed by atoms with Crippen molar-refractivity contribution in [3.8, 4) is 0 Å². The molecule has 0 saturated heterocycles. The molecule has 7 nitrogen and oxygen atoms in total. The number of rotatable bonds is 5. The number of nitrogens with zero attached hydrogens (tertiary/aromatic N) is 4. The number of likely N-dealkylation sites (N-methyl/N-ethyl adjacent to an activating group) is 1. The third-order valence-electron chi connectivity index (χ3n) is 2.44. The summed E-state index contributed by atoms with van der Waals surface area (Å²) in [6.45, 7) is 1.62. The van der Waals surface area contributed by atoms with E-state index >= 15 is 0 Å². The van der Waals surface area contributed by atoms with Crippen molar-refractivity contribution in [1.29, 1.82) is 0 Å². The molecule has 0 radical (unpaired) electrons. The fourth-order valence-corrected chi connectivity index (χ4v) is 1.54. The lowest BCUT2D eigenvalue weighted by Gasteiger charge is -2.11. The number of fused-ring (bicyclic) bond motifs is 1. The number of hydrogen-bond donors (Lipinski definition) is 2. The van der Waals surface area contributed by atoms with Crippen LogP contribution in [0.1, 0.15) is 10.5 Å². The summed E-state index contributed by atoms with van der Waals surface area (Å²) in [4.78, 5) is 17.0. The molecule has 0 fully saturated rings. The largest absolute Gasteiger partial charge is 0.476 e. The van der Waals surface area contributed by atoms with Crippen molar-refractivity contribution in [2.24, 2.45) is 0 Å². The summed E-state index contributed by atoms with van der Waals surface area (Å²) >= 11 is 0. The molecule has 7 heteroatoms. The maximum Gasteiger partial charge on any atom is 0.356 e. The number of carboxylic acid groups (broad SMARTS) is 1. The molecule has 96 valence electrons. The Labute approximate surface area is 104 Å². The Bertz CT molecular complexity index is 564. The van der Waals surface area contributed by atoms with Gasteiger partial charge >= 0.3 is 5.97 Å². The second-order valence-corrected chi connectivity index (χ2v) is 4.16. The van der Waals surface area contributed by atoms with E-state index in [9.17, 15) is 4.79 Å². The second kappa shape index (κ2) is 5.01. The van der Waals surface area contributed by atoms with Gasteiger partial charge < -0.3 is 15.3 Å². The van der Waals surface area contributed by atoms with Gasteiger partial charge in [0.2, 0.25) is 0 Å². The summed E-state index contributed by atoms with van der Waals surface area (Å²) < 4.78 is 1.50. The zero-order chi connectivity index (χ0) is 13.1. The summed E-state index contributed by atoms with van der Waals surface area (Å²) in [5.74, 6) is -0.325. The molecule has 2 N–H and O–H groups in total. The highest BCUT2D eigenvalue weighted by atomic mass is 16.4. The first kappa shape index (κ1) is 12.3. The van der Waals surface area contributed by atoms with E-state index in [2.05, 4.69) is 20.3 Å². The van der Waals surface area contributed by atoms with Gasteiger partial charge in [0.05, 0.1) is 0 Å². The van der Waals surface area contributed by atoms with E-state index in [0.717, 1.165) is 18.9 Å². The summed E-state index contributed by atoms with van der Waals surface area (Å²) in [7, 11) is 3.97. The number of carboxylic acids is 1. The zero-order valence-electron chi connectivity index (χ0n) is 10.3. The smallest absolute Gasteiger partial charge is 0.356 e. The Morgan fingerprint density at radius 1 is 1.56 bits per heavy atom. The summed E-state index contributed by atoms with van der Waals surface area (Å²) in [6.07, 6.45) is 1.63. The molecule has 18 heavy (non-hydrogen) atoms. The third kappa shape index (κ3) is 2.57. The normalized spacial score (nSPS) is 11.1. The SMILES string of the molecule is CN(C)CCNc1ccnc2cc(C(=O)O)nn12. The van der Waals surface area contributed by atoms with Gasteiger partial charge in [-0.3, -0.25) is 0 Å². The molecule has 2 aromatic heterocycles. The maximum atomic E-state index is 10.9. The molecule has 0 aliphatic rings. The highest BCUT2D eigenvalue weighted by Gasteiger charge is 2.11. The number of carbonyl (C=O) groups is 1. The van der Waals surface area contributed by atoms with Crippen LogP contribution >= 0.6 is 0 Å². The van der Waals surface area contributed by atoms with Gasteiger partial charge in [0, 0.05) is 25.4 Å². The molecule has 2 rings (SSSR count). The van der Waals surface area contributed by atoms with Crippen LogP contribution in [0.3, 0.4) is 0 Å². The second-order valence-electron chi connectivity index (χ2n) is 4.16. The molecule has 0 saturated carbocycles. The lowest BCUT2D eigenvalue weighted by Crippen LogP contribution is -2.21. The van der Waals surface area contributed by atoms with Crippen LogP contribution in [0.25, 0.3) is 5.65 Å². The number of aromatic nitrogens is 3. The fourth-order valence-electron chi connectivity index (χ4n) is 1.54. The van der Waals surface area contributed by atoms with Gasteiger partial charge in [0.15, 0.2) is 11.3 Å². The van der Waals surface area contributed by atoms with E-state index < -0.39 is 5.97 Å². The predicted molar refractivity (Wildman–Crippen MR) is 67.0 cm³/mol. The maximum absolute atomic E-state index is 10.9. The third-order valence-corrected chi connectivity index (χ3v) is 2.44. The van der Waals surface area contributed by atoms with Gasteiger partial charge in [-0.05, 0) is 20.2 Å². The van der Waals surface area contributed by atoms with Crippen molar-refractivity contribution in [3.63, 3.8) is 0 Å². The minimum Gasteiger partial charge on any atom is -0.476 e. The lowest BCUT2D eigenvalue weighted by molar-refractivity contribution is 0.0690. The first-order valence-corrected chi connectivity index (χ1v) is 5.54. The van der Waals surface area contributed by atoms with E-state index in [4.69, 9.17) is 5.11 Å². The minimum absolute atomic E-state index is 0.00985. The summed E-state index contributed by atoms with van der Waals surface area (Å²) in [6, 6.07) is 3.21. The fraction of sp³-hybridized carbons (Fsp3) is 0.364. The quantitative estimate of drug-likeness (QED) is 0.798. The van der Waals surface area contributed by atoms with Gasteiger partial charge in [-0.15, -0.1) is 0 Å². The summed E-state index contributed by atoms with van der Waals surface area (Å²) in [5.41, 5.74) is 0.506. The first-order chi connectivity index (χ1) is 8.58. The van der Waals surface area contributed by atoms with Crippen LogP contribution in [0.2, 0.25) is 0 Å². The van der Waals surface area contributed by atoms with Gasteiger partial charge in [0.25, 0.3) is 0 Å². The number of anilines is 1. The number of aromatic carboxylic acids is 1. The molecule has 0 bridgehead atoms. The van der Waals surface area contributed by atoms with E-state index in [1.807, 2.05) is 14.1 Å². The molecule has 0 aliphatic carbocycles. The van der Waals surface area contributed by atoms with Crippen LogP contribution in [-0.2, 0) is 0 Å². The first-order valence-electron chi connectivity index (χ1n) is 5.54. The molecule has 0 aliphatic heterocycles. The van der Waals surface area contributed by atoms with Crippen LogP contribution in [-0.4, -0.2) is 57.8 Å². The molecule has 2 heterocycles. The highest BCUT2D eigenvalue weighted by molar-refractivity contribution is 5.86. The van der Waals surface area contributed by atoms with Crippen molar-refractivity contribution in [1.82, 2.24) is 19.5 Å². The van der Waals surface area contributed by atoms with E-state index in [1.165, 1.54) is 10.6 Å². The highest BCUT2D eigenvalue weighted by Crippen LogP contribution is 2.11. The monoisotopic (exact) mass is 249 g/mol.